The first kappa shape index (κ1) is 27.5. The number of likely N-dealkylation sites (tertiary alicyclic amines) is 1. The number of nitrogens with zero attached hydrogens (tertiary/aromatic N) is 7. The van der Waals surface area contributed by atoms with Crippen LogP contribution in [0.25, 0.3) is 22.3 Å². The maximum Gasteiger partial charge on any atom is 0.320 e. The zero-order chi connectivity index (χ0) is 28.4. The summed E-state index contributed by atoms with van der Waals surface area (Å²) in [6.45, 7) is 9.75. The van der Waals surface area contributed by atoms with Crippen LogP contribution < -0.4 is 9.64 Å². The summed E-state index contributed by atoms with van der Waals surface area (Å²) in [4.78, 5) is 32.5. The van der Waals surface area contributed by atoms with E-state index in [0.29, 0.717) is 37.2 Å². The second kappa shape index (κ2) is 11.6. The monoisotopic (exact) mass is 543 g/mol. The van der Waals surface area contributed by atoms with Gasteiger partial charge in [-0.15, -0.1) is 0 Å². The summed E-state index contributed by atoms with van der Waals surface area (Å²) >= 11 is 0. The highest BCUT2D eigenvalue weighted by Gasteiger charge is 2.33. The lowest BCUT2D eigenvalue weighted by Crippen LogP contribution is -2.55. The van der Waals surface area contributed by atoms with E-state index in [4.69, 9.17) is 19.7 Å². The van der Waals surface area contributed by atoms with Gasteiger partial charge < -0.3 is 19.4 Å². The molecule has 0 bridgehead atoms. The van der Waals surface area contributed by atoms with Gasteiger partial charge in [0.05, 0.1) is 29.6 Å². The summed E-state index contributed by atoms with van der Waals surface area (Å²) in [5.41, 5.74) is 4.67. The molecule has 5 rings (SSSR count). The van der Waals surface area contributed by atoms with Crippen LogP contribution in [0, 0.1) is 25.2 Å². The van der Waals surface area contributed by atoms with Gasteiger partial charge in [0, 0.05) is 31.2 Å². The number of carbonyl (C=O) groups is 1. The van der Waals surface area contributed by atoms with E-state index in [9.17, 15) is 14.4 Å². The molecular weight excluding hydrogens is 509 g/mol. The first-order chi connectivity index (χ1) is 19.3. The van der Waals surface area contributed by atoms with Gasteiger partial charge in [-0.2, -0.15) is 15.2 Å². The Balaban J connectivity index is 1.53. The Kier molecular flexibility index (Phi) is 7.94. The largest absolute Gasteiger partial charge is 0.462 e. The predicted octanol–water partition coefficient (Wildman–Crippen LogP) is 4.20. The normalized spacial score (nSPS) is 19.6. The quantitative estimate of drug-likeness (QED) is 0.409. The van der Waals surface area contributed by atoms with Gasteiger partial charge in [0.2, 0.25) is 0 Å². The lowest BCUT2D eigenvalue weighted by Gasteiger charge is -2.41. The summed E-state index contributed by atoms with van der Waals surface area (Å²) in [5, 5.41) is 10.2. The van der Waals surface area contributed by atoms with Crippen molar-refractivity contribution in [2.75, 3.05) is 44.7 Å². The Labute approximate surface area is 233 Å². The summed E-state index contributed by atoms with van der Waals surface area (Å²) in [6, 6.07) is 12.2. The maximum atomic E-state index is 13.7. The van der Waals surface area contributed by atoms with Crippen LogP contribution in [0.1, 0.15) is 30.4 Å². The van der Waals surface area contributed by atoms with Crippen molar-refractivity contribution < 1.29 is 13.9 Å². The topological polar surface area (TPSA) is 98.5 Å². The van der Waals surface area contributed by atoms with Crippen LogP contribution in [-0.2, 0) is 4.79 Å². The second-order valence-electron chi connectivity index (χ2n) is 10.6. The number of hydrogen-bond acceptors (Lipinski definition) is 8. The molecule has 3 aromatic rings. The summed E-state index contributed by atoms with van der Waals surface area (Å²) < 4.78 is 19.9. The molecule has 4 heterocycles. The molecule has 0 aliphatic carbocycles. The van der Waals surface area contributed by atoms with Crippen molar-refractivity contribution in [1.29, 1.82) is 5.26 Å². The molecule has 0 radical (unpaired) electrons. The Hall–Kier alpha value is -4.10. The number of halogens is 1. The Morgan fingerprint density at radius 2 is 1.98 bits per heavy atom. The molecule has 10 heteroatoms. The molecule has 2 aliphatic rings. The average molecular weight is 544 g/mol. The number of rotatable bonds is 7. The fraction of sp³-hybridized carbons (Fsp3) is 0.433. The highest BCUT2D eigenvalue weighted by molar-refractivity contribution is 5.92. The van der Waals surface area contributed by atoms with Gasteiger partial charge in [0.25, 0.3) is 5.91 Å². The van der Waals surface area contributed by atoms with Gasteiger partial charge in [0.1, 0.15) is 12.4 Å². The molecule has 0 N–H and O–H groups in total. The van der Waals surface area contributed by atoms with Crippen molar-refractivity contribution in [3.8, 4) is 23.3 Å². The third-order valence-electron chi connectivity index (χ3n) is 8.08. The maximum absolute atomic E-state index is 13.7. The number of carbonyl (C=O) groups excluding carboxylic acids is 1. The van der Waals surface area contributed by atoms with Crippen molar-refractivity contribution in [3.63, 3.8) is 0 Å². The smallest absolute Gasteiger partial charge is 0.320 e. The number of hydrogen-bond donors (Lipinski definition) is 0. The number of amides is 1. The Bertz CT molecular complexity index is 1490. The fourth-order valence-electron chi connectivity index (χ4n) is 5.57. The van der Waals surface area contributed by atoms with E-state index in [-0.39, 0.29) is 19.0 Å². The van der Waals surface area contributed by atoms with Crippen molar-refractivity contribution in [3.05, 3.63) is 53.9 Å². The summed E-state index contributed by atoms with van der Waals surface area (Å²) in [6.07, 6.45) is 2.24. The third-order valence-corrected chi connectivity index (χ3v) is 8.08. The number of benzene rings is 1. The summed E-state index contributed by atoms with van der Waals surface area (Å²) in [5.74, 6) is -1.19. The zero-order valence-electron chi connectivity index (χ0n) is 23.2. The molecule has 0 unspecified atom stereocenters. The lowest BCUT2D eigenvalue weighted by molar-refractivity contribution is -0.131. The van der Waals surface area contributed by atoms with Crippen LogP contribution in [0.4, 0.5) is 10.2 Å². The van der Waals surface area contributed by atoms with Crippen molar-refractivity contribution >= 4 is 22.8 Å². The molecule has 9 nitrogen and oxygen atoms in total. The number of fused-ring (bicyclic) bond motifs is 1. The number of anilines is 1. The molecule has 2 aliphatic heterocycles. The molecule has 208 valence electrons. The second-order valence-corrected chi connectivity index (χ2v) is 10.6. The van der Waals surface area contributed by atoms with Gasteiger partial charge in [-0.25, -0.2) is 9.37 Å². The van der Waals surface area contributed by atoms with Gasteiger partial charge in [-0.1, -0.05) is 24.8 Å². The van der Waals surface area contributed by atoms with E-state index in [2.05, 4.69) is 44.5 Å². The molecule has 2 fully saturated rings. The number of aryl methyl sites for hydroxylation is 1. The number of ether oxygens (including phenoxy) is 1. The Morgan fingerprint density at radius 1 is 1.15 bits per heavy atom. The van der Waals surface area contributed by atoms with Crippen LogP contribution in [0.5, 0.6) is 6.01 Å². The van der Waals surface area contributed by atoms with E-state index < -0.39 is 17.8 Å². The zero-order valence-corrected chi connectivity index (χ0v) is 23.2. The van der Waals surface area contributed by atoms with Crippen LogP contribution in [0.15, 0.2) is 42.7 Å². The molecule has 1 aromatic carbocycles. The predicted molar refractivity (Wildman–Crippen MR) is 152 cm³/mol. The standard InChI is InChI=1S/C30H34FN7O2/c1-19-7-5-9-24(20(19)2)26-11-10-25-27(33-26)34-30(40-18-23-8-6-14-36(23)4)35-28(25)37-15-16-38(29(39)21(3)31)22(17-37)12-13-32/h5,7,9-11,22-23H,3,6,8,12,14-18H2,1-2,4H3/t22-,23-/m0/s1. The van der Waals surface area contributed by atoms with Crippen LogP contribution in [0.3, 0.4) is 0 Å². The van der Waals surface area contributed by atoms with E-state index in [1.807, 2.05) is 29.2 Å². The lowest BCUT2D eigenvalue weighted by atomic mass is 10.0. The van der Waals surface area contributed by atoms with E-state index >= 15 is 0 Å². The first-order valence-electron chi connectivity index (χ1n) is 13.6. The van der Waals surface area contributed by atoms with Crippen LogP contribution >= 0.6 is 0 Å². The first-order valence-corrected chi connectivity index (χ1v) is 13.6. The molecule has 0 saturated carbocycles. The minimum absolute atomic E-state index is 0.0605. The third kappa shape index (κ3) is 5.47. The molecule has 40 heavy (non-hydrogen) atoms. The molecule has 2 aromatic heterocycles. The van der Waals surface area contributed by atoms with E-state index in [0.717, 1.165) is 41.6 Å². The average Bonchev–Trinajstić information content (AvgIpc) is 3.36. The van der Waals surface area contributed by atoms with Gasteiger partial charge in [-0.3, -0.25) is 4.79 Å². The molecule has 1 amide bonds. The number of likely N-dealkylation sites (N-methyl/N-ethyl adjacent to an activating group) is 1. The Morgan fingerprint density at radius 3 is 2.70 bits per heavy atom. The summed E-state index contributed by atoms with van der Waals surface area (Å²) in [7, 11) is 2.09. The minimum atomic E-state index is -1.03. The van der Waals surface area contributed by atoms with Gasteiger partial charge in [0.15, 0.2) is 11.5 Å². The highest BCUT2D eigenvalue weighted by Crippen LogP contribution is 2.32. The van der Waals surface area contributed by atoms with Crippen LogP contribution in [-0.4, -0.2) is 82.6 Å². The van der Waals surface area contributed by atoms with Gasteiger partial charge >= 0.3 is 6.01 Å². The van der Waals surface area contributed by atoms with Crippen molar-refractivity contribution in [2.45, 2.75) is 45.2 Å². The minimum Gasteiger partial charge on any atom is -0.462 e. The highest BCUT2D eigenvalue weighted by atomic mass is 19.1. The fourth-order valence-corrected chi connectivity index (χ4v) is 5.57. The molecular formula is C30H34FN7O2. The number of aromatic nitrogens is 3. The van der Waals surface area contributed by atoms with Crippen molar-refractivity contribution in [1.82, 2.24) is 24.8 Å². The molecule has 0 spiro atoms. The van der Waals surface area contributed by atoms with E-state index in [1.165, 1.54) is 10.5 Å². The van der Waals surface area contributed by atoms with Gasteiger partial charge in [-0.05, 0) is 63.5 Å². The van der Waals surface area contributed by atoms with Crippen molar-refractivity contribution in [2.24, 2.45) is 0 Å². The van der Waals surface area contributed by atoms with E-state index in [1.54, 1.807) is 0 Å². The molecule has 2 saturated heterocycles. The van der Waals surface area contributed by atoms with Crippen LogP contribution in [0.2, 0.25) is 0 Å². The molecule has 2 atom stereocenters. The number of nitriles is 1. The number of pyridine rings is 1. The number of piperazine rings is 1. The SMILES string of the molecule is C=C(F)C(=O)N1CCN(c2nc(OC[C@@H]3CCCN3C)nc3nc(-c4cccc(C)c4C)ccc23)C[C@@H]1CC#N.